The summed E-state index contributed by atoms with van der Waals surface area (Å²) < 4.78 is 16.5. The Balaban J connectivity index is 1.66. The summed E-state index contributed by atoms with van der Waals surface area (Å²) in [6, 6.07) is 15.8. The van der Waals surface area contributed by atoms with Crippen LogP contribution >= 0.6 is 0 Å². The zero-order valence-corrected chi connectivity index (χ0v) is 11.1. The molecular weight excluding hydrogens is 254 g/mol. The minimum absolute atomic E-state index is 0.0957. The first-order valence-electron chi connectivity index (χ1n) is 6.62. The van der Waals surface area contributed by atoms with Gasteiger partial charge in [-0.2, -0.15) is 0 Å². The van der Waals surface area contributed by atoms with Crippen molar-refractivity contribution in [3.05, 3.63) is 59.7 Å². The Hall–Kier alpha value is -2.04. The Morgan fingerprint density at radius 1 is 1.05 bits per heavy atom. The molecule has 1 atom stereocenters. The zero-order valence-electron chi connectivity index (χ0n) is 11.1. The molecule has 1 heterocycles. The van der Waals surface area contributed by atoms with Gasteiger partial charge in [-0.05, 0) is 23.3 Å². The first-order valence-corrected chi connectivity index (χ1v) is 6.62. The second-order valence-corrected chi connectivity index (χ2v) is 4.63. The lowest BCUT2D eigenvalue weighted by molar-refractivity contribution is 0.0455. The van der Waals surface area contributed by atoms with Gasteiger partial charge in [-0.1, -0.05) is 36.4 Å². The fraction of sp³-hybridized carbons (Fsp3) is 0.250. The number of fused-ring (bicyclic) bond motifs is 1. The van der Waals surface area contributed by atoms with E-state index in [2.05, 4.69) is 0 Å². The van der Waals surface area contributed by atoms with Gasteiger partial charge in [-0.15, -0.1) is 0 Å². The van der Waals surface area contributed by atoms with E-state index in [1.807, 2.05) is 48.5 Å². The smallest absolute Gasteiger partial charge is 0.231 e. The molecule has 0 saturated heterocycles. The molecule has 2 N–H and O–H groups in total. The van der Waals surface area contributed by atoms with Gasteiger partial charge < -0.3 is 19.9 Å². The molecule has 0 radical (unpaired) electrons. The van der Waals surface area contributed by atoms with E-state index in [4.69, 9.17) is 19.9 Å². The molecule has 0 spiro atoms. The summed E-state index contributed by atoms with van der Waals surface area (Å²) in [7, 11) is 0. The van der Waals surface area contributed by atoms with Crippen LogP contribution in [0, 0.1) is 0 Å². The normalized spacial score (nSPS) is 14.2. The molecular formula is C16H17NO3. The highest BCUT2D eigenvalue weighted by atomic mass is 16.7. The number of rotatable bonds is 5. The van der Waals surface area contributed by atoms with Crippen LogP contribution in [-0.2, 0) is 11.3 Å². The van der Waals surface area contributed by atoms with E-state index in [-0.39, 0.29) is 12.9 Å². The molecule has 20 heavy (non-hydrogen) atoms. The molecule has 2 aromatic rings. The first-order chi connectivity index (χ1) is 9.86. The van der Waals surface area contributed by atoms with Crippen molar-refractivity contribution < 1.29 is 14.2 Å². The molecule has 4 heteroatoms. The van der Waals surface area contributed by atoms with Gasteiger partial charge in [0.05, 0.1) is 12.7 Å². The summed E-state index contributed by atoms with van der Waals surface area (Å²) in [5, 5.41) is 0. The Kier molecular flexibility index (Phi) is 3.85. The van der Waals surface area contributed by atoms with Crippen molar-refractivity contribution in [3.8, 4) is 11.5 Å². The molecule has 2 aromatic carbocycles. The van der Waals surface area contributed by atoms with E-state index in [1.54, 1.807) is 0 Å². The molecule has 1 unspecified atom stereocenters. The monoisotopic (exact) mass is 271 g/mol. The maximum atomic E-state index is 5.90. The molecule has 3 rings (SSSR count). The molecule has 0 fully saturated rings. The standard InChI is InChI=1S/C16H17NO3/c17-9-16(13-4-2-1-3-5-13)18-10-12-6-7-14-15(8-12)20-11-19-14/h1-8,16H,9-11,17H2. The summed E-state index contributed by atoms with van der Waals surface area (Å²) in [6.45, 7) is 1.23. The summed E-state index contributed by atoms with van der Waals surface area (Å²) in [5.41, 5.74) is 7.93. The van der Waals surface area contributed by atoms with E-state index < -0.39 is 0 Å². The van der Waals surface area contributed by atoms with Crippen molar-refractivity contribution in [2.75, 3.05) is 13.3 Å². The summed E-state index contributed by atoms with van der Waals surface area (Å²) >= 11 is 0. The van der Waals surface area contributed by atoms with Crippen molar-refractivity contribution in [2.45, 2.75) is 12.7 Å². The minimum atomic E-state index is -0.0957. The number of hydrogen-bond acceptors (Lipinski definition) is 4. The third kappa shape index (κ3) is 2.76. The van der Waals surface area contributed by atoms with Crippen molar-refractivity contribution in [1.29, 1.82) is 0 Å². The predicted octanol–water partition coefficient (Wildman–Crippen LogP) is 2.63. The molecule has 0 saturated carbocycles. The third-order valence-electron chi connectivity index (χ3n) is 3.27. The van der Waals surface area contributed by atoms with Crippen molar-refractivity contribution in [1.82, 2.24) is 0 Å². The summed E-state index contributed by atoms with van der Waals surface area (Å²) in [5.74, 6) is 1.56. The van der Waals surface area contributed by atoms with Crippen LogP contribution in [0.15, 0.2) is 48.5 Å². The quantitative estimate of drug-likeness (QED) is 0.908. The van der Waals surface area contributed by atoms with Crippen LogP contribution in [0.25, 0.3) is 0 Å². The lowest BCUT2D eigenvalue weighted by Gasteiger charge is -2.16. The Morgan fingerprint density at radius 3 is 2.65 bits per heavy atom. The number of benzene rings is 2. The largest absolute Gasteiger partial charge is 0.454 e. The molecule has 1 aliphatic heterocycles. The number of hydrogen-bond donors (Lipinski definition) is 1. The molecule has 0 amide bonds. The highest BCUT2D eigenvalue weighted by Gasteiger charge is 2.14. The molecule has 0 aromatic heterocycles. The van der Waals surface area contributed by atoms with Crippen LogP contribution in [0.4, 0.5) is 0 Å². The maximum absolute atomic E-state index is 5.90. The highest BCUT2D eigenvalue weighted by Crippen LogP contribution is 2.33. The van der Waals surface area contributed by atoms with Crippen LogP contribution in [0.2, 0.25) is 0 Å². The average Bonchev–Trinajstić information content (AvgIpc) is 2.96. The van der Waals surface area contributed by atoms with Gasteiger partial charge in [0.15, 0.2) is 11.5 Å². The molecule has 4 nitrogen and oxygen atoms in total. The predicted molar refractivity (Wildman–Crippen MR) is 75.6 cm³/mol. The summed E-state index contributed by atoms with van der Waals surface area (Å²) in [6.07, 6.45) is -0.0957. The maximum Gasteiger partial charge on any atom is 0.231 e. The van der Waals surface area contributed by atoms with Crippen molar-refractivity contribution in [2.24, 2.45) is 5.73 Å². The van der Waals surface area contributed by atoms with Crippen LogP contribution in [0.3, 0.4) is 0 Å². The topological polar surface area (TPSA) is 53.7 Å². The van der Waals surface area contributed by atoms with Gasteiger partial charge in [0.2, 0.25) is 6.79 Å². The second kappa shape index (κ2) is 5.94. The van der Waals surface area contributed by atoms with Crippen molar-refractivity contribution in [3.63, 3.8) is 0 Å². The fourth-order valence-electron chi connectivity index (χ4n) is 2.20. The molecule has 0 aliphatic carbocycles. The van der Waals surface area contributed by atoms with Gasteiger partial charge >= 0.3 is 0 Å². The number of ether oxygens (including phenoxy) is 3. The second-order valence-electron chi connectivity index (χ2n) is 4.63. The Morgan fingerprint density at radius 2 is 1.85 bits per heavy atom. The van der Waals surface area contributed by atoms with Crippen LogP contribution in [0.1, 0.15) is 17.2 Å². The van der Waals surface area contributed by atoms with Crippen LogP contribution < -0.4 is 15.2 Å². The van der Waals surface area contributed by atoms with Crippen LogP contribution in [0.5, 0.6) is 11.5 Å². The molecule has 104 valence electrons. The molecule has 1 aliphatic rings. The summed E-state index contributed by atoms with van der Waals surface area (Å²) in [4.78, 5) is 0. The van der Waals surface area contributed by atoms with E-state index in [9.17, 15) is 0 Å². The Bertz CT molecular complexity index is 571. The van der Waals surface area contributed by atoms with E-state index in [1.165, 1.54) is 0 Å². The lowest BCUT2D eigenvalue weighted by atomic mass is 10.1. The van der Waals surface area contributed by atoms with Gasteiger partial charge in [0.1, 0.15) is 0 Å². The van der Waals surface area contributed by atoms with E-state index in [0.717, 1.165) is 22.6 Å². The van der Waals surface area contributed by atoms with Gasteiger partial charge in [0, 0.05) is 6.54 Å². The van der Waals surface area contributed by atoms with E-state index >= 15 is 0 Å². The third-order valence-corrected chi connectivity index (χ3v) is 3.27. The van der Waals surface area contributed by atoms with Gasteiger partial charge in [-0.3, -0.25) is 0 Å². The van der Waals surface area contributed by atoms with Gasteiger partial charge in [0.25, 0.3) is 0 Å². The fourth-order valence-corrected chi connectivity index (χ4v) is 2.20. The highest BCUT2D eigenvalue weighted by molar-refractivity contribution is 5.44. The van der Waals surface area contributed by atoms with Gasteiger partial charge in [-0.25, -0.2) is 0 Å². The zero-order chi connectivity index (χ0) is 13.8. The Labute approximate surface area is 118 Å². The number of nitrogens with two attached hydrogens (primary N) is 1. The minimum Gasteiger partial charge on any atom is -0.454 e. The van der Waals surface area contributed by atoms with Crippen LogP contribution in [-0.4, -0.2) is 13.3 Å². The first kappa shape index (κ1) is 13.0. The average molecular weight is 271 g/mol. The van der Waals surface area contributed by atoms with E-state index in [0.29, 0.717) is 13.2 Å². The lowest BCUT2D eigenvalue weighted by Crippen LogP contribution is -2.15. The molecule has 0 bridgehead atoms. The van der Waals surface area contributed by atoms with Crippen molar-refractivity contribution >= 4 is 0 Å². The SMILES string of the molecule is NCC(OCc1ccc2c(c1)OCO2)c1ccccc1.